The molecule has 25 heavy (non-hydrogen) atoms. The first-order valence-corrected chi connectivity index (χ1v) is 8.35. The van der Waals surface area contributed by atoms with Crippen molar-refractivity contribution in [3.05, 3.63) is 28.8 Å². The largest absolute Gasteiger partial charge is 0.481 e. The van der Waals surface area contributed by atoms with E-state index in [0.717, 1.165) is 12.8 Å². The van der Waals surface area contributed by atoms with Gasteiger partial charge >= 0.3 is 12.6 Å². The van der Waals surface area contributed by atoms with Crippen molar-refractivity contribution in [2.45, 2.75) is 46.1 Å². The number of benzene rings is 1. The summed E-state index contributed by atoms with van der Waals surface area (Å²) in [6, 6.07) is 3.13. The number of alkyl halides is 2. The van der Waals surface area contributed by atoms with E-state index in [0.29, 0.717) is 36.2 Å². The average Bonchev–Trinajstić information content (AvgIpc) is 2.55. The molecule has 1 amide bonds. The van der Waals surface area contributed by atoms with Gasteiger partial charge in [-0.05, 0) is 62.3 Å². The molecule has 138 valence electrons. The Morgan fingerprint density at radius 2 is 1.96 bits per heavy atom. The topological polar surface area (TPSA) is 66.8 Å². The van der Waals surface area contributed by atoms with Crippen LogP contribution >= 0.6 is 0 Å². The summed E-state index contributed by atoms with van der Waals surface area (Å²) in [5.41, 5.74) is 1.42. The second-order valence-electron chi connectivity index (χ2n) is 6.51. The zero-order valence-electron chi connectivity index (χ0n) is 14.4. The Balaban J connectivity index is 2.10. The third-order valence-electron chi connectivity index (χ3n) is 4.49. The van der Waals surface area contributed by atoms with E-state index >= 15 is 0 Å². The Bertz CT molecular complexity index is 625. The molecule has 1 heterocycles. The molecule has 0 spiro atoms. The Hall–Kier alpha value is -2.18. The molecule has 1 saturated heterocycles. The lowest BCUT2D eigenvalue weighted by Gasteiger charge is -2.33. The number of piperidine rings is 1. The summed E-state index contributed by atoms with van der Waals surface area (Å²) < 4.78 is 29.4. The van der Waals surface area contributed by atoms with E-state index in [-0.39, 0.29) is 24.0 Å². The Labute approximate surface area is 145 Å². The molecule has 0 saturated carbocycles. The fourth-order valence-electron chi connectivity index (χ4n) is 3.34. The molecule has 5 nitrogen and oxygen atoms in total. The van der Waals surface area contributed by atoms with Gasteiger partial charge in [-0.3, -0.25) is 9.59 Å². The Morgan fingerprint density at radius 1 is 1.32 bits per heavy atom. The number of carboxylic acids is 1. The minimum Gasteiger partial charge on any atom is -0.481 e. The normalized spacial score (nSPS) is 17.6. The third kappa shape index (κ3) is 5.14. The monoisotopic (exact) mass is 355 g/mol. The van der Waals surface area contributed by atoms with E-state index in [1.54, 1.807) is 30.9 Å². The number of carbonyl (C=O) groups excluding carboxylic acids is 1. The lowest BCUT2D eigenvalue weighted by molar-refractivity contribution is -0.137. The molecule has 1 unspecified atom stereocenters. The Morgan fingerprint density at radius 3 is 2.52 bits per heavy atom. The number of aryl methyl sites for hydroxylation is 2. The summed E-state index contributed by atoms with van der Waals surface area (Å²) in [4.78, 5) is 25.2. The van der Waals surface area contributed by atoms with E-state index in [4.69, 9.17) is 5.11 Å². The van der Waals surface area contributed by atoms with Gasteiger partial charge in [-0.25, -0.2) is 0 Å². The van der Waals surface area contributed by atoms with Crippen LogP contribution in [0, 0.1) is 19.8 Å². The average molecular weight is 355 g/mol. The number of hydrogen-bond donors (Lipinski definition) is 1. The number of aliphatic carboxylic acids is 1. The number of hydrogen-bond acceptors (Lipinski definition) is 3. The van der Waals surface area contributed by atoms with Gasteiger partial charge in [0.05, 0.1) is 0 Å². The van der Waals surface area contributed by atoms with Crippen LogP contribution < -0.4 is 4.74 Å². The number of amides is 1. The second-order valence-corrected chi connectivity index (χ2v) is 6.51. The maximum absolute atomic E-state index is 12.7. The summed E-state index contributed by atoms with van der Waals surface area (Å²) in [5, 5.41) is 8.80. The number of likely N-dealkylation sites (tertiary alicyclic amines) is 1. The molecule has 1 N–H and O–H groups in total. The standard InChI is InChI=1S/C18H23F2NO4/c1-11-8-14(9-12(2)16(11)25-18(19)20)17(24)21-7-3-4-13(10-21)5-6-15(22)23/h8-9,13,18H,3-7,10H2,1-2H3,(H,22,23). The molecular weight excluding hydrogens is 332 g/mol. The highest BCUT2D eigenvalue weighted by atomic mass is 19.3. The van der Waals surface area contributed by atoms with E-state index in [1.807, 2.05) is 0 Å². The van der Waals surface area contributed by atoms with Crippen molar-refractivity contribution in [1.29, 1.82) is 0 Å². The van der Waals surface area contributed by atoms with Crippen molar-refractivity contribution in [2.75, 3.05) is 13.1 Å². The fraction of sp³-hybridized carbons (Fsp3) is 0.556. The predicted octanol–water partition coefficient (Wildman–Crippen LogP) is 3.62. The first-order chi connectivity index (χ1) is 11.8. The van der Waals surface area contributed by atoms with Crippen LogP contribution in [0.3, 0.4) is 0 Å². The highest BCUT2D eigenvalue weighted by Crippen LogP contribution is 2.28. The number of rotatable bonds is 6. The van der Waals surface area contributed by atoms with Crippen molar-refractivity contribution < 1.29 is 28.2 Å². The van der Waals surface area contributed by atoms with Crippen molar-refractivity contribution in [2.24, 2.45) is 5.92 Å². The van der Waals surface area contributed by atoms with Crippen LogP contribution in [0.15, 0.2) is 12.1 Å². The molecule has 0 aliphatic carbocycles. The summed E-state index contributed by atoms with van der Waals surface area (Å²) in [6.07, 6.45) is 2.40. The van der Waals surface area contributed by atoms with E-state index in [1.165, 1.54) is 0 Å². The number of halogens is 2. The molecule has 0 radical (unpaired) electrons. The van der Waals surface area contributed by atoms with Crippen LogP contribution in [0.25, 0.3) is 0 Å². The summed E-state index contributed by atoms with van der Waals surface area (Å²) in [5.74, 6) is -0.707. The zero-order valence-corrected chi connectivity index (χ0v) is 14.4. The SMILES string of the molecule is Cc1cc(C(=O)N2CCCC(CCC(=O)O)C2)cc(C)c1OC(F)F. The lowest BCUT2D eigenvalue weighted by Crippen LogP contribution is -2.40. The van der Waals surface area contributed by atoms with Crippen molar-refractivity contribution >= 4 is 11.9 Å². The fourth-order valence-corrected chi connectivity index (χ4v) is 3.34. The van der Waals surface area contributed by atoms with Crippen LogP contribution in [0.2, 0.25) is 0 Å². The van der Waals surface area contributed by atoms with Gasteiger partial charge in [0.2, 0.25) is 0 Å². The molecule has 0 bridgehead atoms. The van der Waals surface area contributed by atoms with Gasteiger partial charge in [0.15, 0.2) is 0 Å². The van der Waals surface area contributed by atoms with Crippen LogP contribution in [0.1, 0.15) is 47.2 Å². The molecule has 1 fully saturated rings. The molecule has 0 aromatic heterocycles. The molecule has 1 aliphatic heterocycles. The maximum Gasteiger partial charge on any atom is 0.387 e. The van der Waals surface area contributed by atoms with Gasteiger partial charge in [0.25, 0.3) is 5.91 Å². The number of carbonyl (C=O) groups is 2. The van der Waals surface area contributed by atoms with Crippen LogP contribution in [-0.2, 0) is 4.79 Å². The van der Waals surface area contributed by atoms with Crippen LogP contribution in [0.5, 0.6) is 5.75 Å². The third-order valence-corrected chi connectivity index (χ3v) is 4.49. The highest BCUT2D eigenvalue weighted by molar-refractivity contribution is 5.95. The summed E-state index contributed by atoms with van der Waals surface area (Å²) in [6.45, 7) is 1.51. The molecular formula is C18H23F2NO4. The maximum atomic E-state index is 12.7. The smallest absolute Gasteiger partial charge is 0.387 e. The van der Waals surface area contributed by atoms with Crippen molar-refractivity contribution in [3.8, 4) is 5.75 Å². The van der Waals surface area contributed by atoms with Crippen LogP contribution in [-0.4, -0.2) is 41.6 Å². The van der Waals surface area contributed by atoms with Gasteiger partial charge < -0.3 is 14.7 Å². The van der Waals surface area contributed by atoms with Crippen molar-refractivity contribution in [3.63, 3.8) is 0 Å². The number of carboxylic acid groups (broad SMARTS) is 1. The van der Waals surface area contributed by atoms with Gasteiger partial charge in [0, 0.05) is 25.1 Å². The van der Waals surface area contributed by atoms with Gasteiger partial charge in [-0.2, -0.15) is 8.78 Å². The molecule has 1 atom stereocenters. The quantitative estimate of drug-likeness (QED) is 0.846. The van der Waals surface area contributed by atoms with Gasteiger partial charge in [-0.1, -0.05) is 0 Å². The summed E-state index contributed by atoms with van der Waals surface area (Å²) >= 11 is 0. The molecule has 1 aromatic rings. The molecule has 7 heteroatoms. The zero-order chi connectivity index (χ0) is 18.6. The van der Waals surface area contributed by atoms with E-state index in [9.17, 15) is 18.4 Å². The molecule has 1 aromatic carbocycles. The lowest BCUT2D eigenvalue weighted by atomic mass is 9.92. The first-order valence-electron chi connectivity index (χ1n) is 8.35. The molecule has 1 aliphatic rings. The second kappa shape index (κ2) is 8.27. The van der Waals surface area contributed by atoms with Gasteiger partial charge in [-0.15, -0.1) is 0 Å². The van der Waals surface area contributed by atoms with Crippen LogP contribution in [0.4, 0.5) is 8.78 Å². The van der Waals surface area contributed by atoms with E-state index < -0.39 is 12.6 Å². The van der Waals surface area contributed by atoms with E-state index in [2.05, 4.69) is 4.74 Å². The number of nitrogens with zero attached hydrogens (tertiary/aromatic N) is 1. The minimum absolute atomic E-state index is 0.101. The highest BCUT2D eigenvalue weighted by Gasteiger charge is 2.25. The Kier molecular flexibility index (Phi) is 6.33. The molecule has 2 rings (SSSR count). The number of ether oxygens (including phenoxy) is 1. The minimum atomic E-state index is -2.91. The summed E-state index contributed by atoms with van der Waals surface area (Å²) in [7, 11) is 0. The van der Waals surface area contributed by atoms with Gasteiger partial charge in [0.1, 0.15) is 5.75 Å². The first kappa shape index (κ1) is 19.1. The van der Waals surface area contributed by atoms with Crippen molar-refractivity contribution in [1.82, 2.24) is 4.90 Å². The predicted molar refractivity (Wildman–Crippen MR) is 88.0 cm³/mol.